The number of aliphatic hydroxyl groups is 3. The number of piperidine rings is 1. The number of carbonyl (C=O) groups excluding carboxylic acids is 2. The van der Waals surface area contributed by atoms with Crippen LogP contribution in [0.4, 0.5) is 0 Å². The Balaban J connectivity index is 1.98. The van der Waals surface area contributed by atoms with Crippen molar-refractivity contribution in [2.24, 2.45) is 5.92 Å². The Morgan fingerprint density at radius 2 is 1.78 bits per heavy atom. The van der Waals surface area contributed by atoms with Gasteiger partial charge in [0.2, 0.25) is 11.8 Å². The molecule has 3 heterocycles. The summed E-state index contributed by atoms with van der Waals surface area (Å²) in [5.74, 6) is -1.17. The Hall–Kier alpha value is -1.02. The zero-order chi connectivity index (χ0) is 13.2. The number of hydrogen-bond acceptors (Lipinski definition) is 6. The van der Waals surface area contributed by atoms with Gasteiger partial charge in [-0.25, -0.2) is 0 Å². The summed E-state index contributed by atoms with van der Waals surface area (Å²) in [4.78, 5) is 26.6. The third-order valence-electron chi connectivity index (χ3n) is 4.38. The van der Waals surface area contributed by atoms with Crippen molar-refractivity contribution in [1.29, 1.82) is 0 Å². The molecule has 3 fully saturated rings. The van der Waals surface area contributed by atoms with E-state index in [4.69, 9.17) is 0 Å². The van der Waals surface area contributed by atoms with Crippen LogP contribution in [-0.2, 0) is 9.59 Å². The van der Waals surface area contributed by atoms with Gasteiger partial charge in [-0.05, 0) is 6.42 Å². The number of likely N-dealkylation sites (tertiary alicyclic amines) is 1. The van der Waals surface area contributed by atoms with Crippen LogP contribution in [0.5, 0.6) is 0 Å². The van der Waals surface area contributed by atoms with Crippen molar-refractivity contribution in [1.82, 2.24) is 9.80 Å². The molecule has 2 unspecified atom stereocenters. The fourth-order valence-corrected chi connectivity index (χ4v) is 3.48. The van der Waals surface area contributed by atoms with Gasteiger partial charge in [-0.2, -0.15) is 0 Å². The number of carbonyl (C=O) groups is 2. The molecule has 0 saturated carbocycles. The topological polar surface area (TPSA) is 101 Å². The molecule has 3 aliphatic rings. The Morgan fingerprint density at radius 1 is 1.11 bits per heavy atom. The van der Waals surface area contributed by atoms with Crippen molar-refractivity contribution in [2.45, 2.75) is 36.8 Å². The molecule has 0 aromatic heterocycles. The zero-order valence-electron chi connectivity index (χ0n) is 9.93. The van der Waals surface area contributed by atoms with E-state index >= 15 is 0 Å². The highest BCUT2D eigenvalue weighted by molar-refractivity contribution is 6.07. The highest BCUT2D eigenvalue weighted by Crippen LogP contribution is 2.39. The summed E-state index contributed by atoms with van der Waals surface area (Å²) in [5.41, 5.74) is 0. The number of likely N-dealkylation sites (N-methyl/N-ethyl adjacent to an activating group) is 1. The first kappa shape index (κ1) is 12.0. The number of nitrogens with zero attached hydrogens (tertiary/aromatic N) is 2. The normalized spacial score (nSPS) is 48.6. The molecule has 6 atom stereocenters. The van der Waals surface area contributed by atoms with Crippen LogP contribution in [0.25, 0.3) is 0 Å². The van der Waals surface area contributed by atoms with Gasteiger partial charge in [-0.3, -0.25) is 19.4 Å². The van der Waals surface area contributed by atoms with Crippen molar-refractivity contribution in [3.63, 3.8) is 0 Å². The van der Waals surface area contributed by atoms with Gasteiger partial charge in [-0.1, -0.05) is 0 Å². The van der Waals surface area contributed by atoms with Crippen LogP contribution in [0.15, 0.2) is 0 Å². The number of aliphatic hydroxyl groups excluding tert-OH is 3. The lowest BCUT2D eigenvalue weighted by Gasteiger charge is -2.40. The molecule has 0 spiro atoms. The molecule has 3 N–H and O–H groups in total. The SMILES string of the molecule is CN1C(=O)C2C[C@@H](O)[C@@H]3[C@H](O)[C@H](O)CN3C2C1=O. The van der Waals surface area contributed by atoms with Crippen LogP contribution in [0.2, 0.25) is 0 Å². The zero-order valence-corrected chi connectivity index (χ0v) is 9.93. The standard InChI is InChI=1S/C11H16N2O5/c1-12-10(17)4-2-5(14)8-9(16)6(15)3-13(8)7(4)11(12)18/h4-9,14-16H,2-3H2,1H3/t4?,5-,6-,7?,8-,9-/m1/s1. The molecular weight excluding hydrogens is 240 g/mol. The molecule has 2 amide bonds. The van der Waals surface area contributed by atoms with Crippen LogP contribution >= 0.6 is 0 Å². The van der Waals surface area contributed by atoms with Crippen molar-refractivity contribution in [3.05, 3.63) is 0 Å². The predicted molar refractivity (Wildman–Crippen MR) is 58.2 cm³/mol. The van der Waals surface area contributed by atoms with E-state index in [0.29, 0.717) is 0 Å². The second kappa shape index (κ2) is 3.74. The minimum atomic E-state index is -1.07. The van der Waals surface area contributed by atoms with Crippen molar-refractivity contribution in [2.75, 3.05) is 13.6 Å². The lowest BCUT2D eigenvalue weighted by atomic mass is 9.85. The number of rotatable bonds is 0. The molecule has 3 rings (SSSR count). The third kappa shape index (κ3) is 1.33. The molecule has 3 saturated heterocycles. The van der Waals surface area contributed by atoms with Gasteiger partial charge >= 0.3 is 0 Å². The Morgan fingerprint density at radius 3 is 2.44 bits per heavy atom. The molecule has 0 radical (unpaired) electrons. The van der Waals surface area contributed by atoms with E-state index in [-0.39, 0.29) is 24.8 Å². The minimum Gasteiger partial charge on any atom is -0.391 e. The Bertz CT molecular complexity index is 414. The van der Waals surface area contributed by atoms with E-state index in [1.165, 1.54) is 7.05 Å². The molecule has 3 aliphatic heterocycles. The summed E-state index contributed by atoms with van der Waals surface area (Å²) in [6, 6.07) is -1.31. The number of hydrogen-bond donors (Lipinski definition) is 3. The summed E-state index contributed by atoms with van der Waals surface area (Å²) >= 11 is 0. The van der Waals surface area contributed by atoms with Crippen LogP contribution in [0.3, 0.4) is 0 Å². The molecule has 0 bridgehead atoms. The lowest BCUT2D eigenvalue weighted by molar-refractivity contribution is -0.138. The quantitative estimate of drug-likeness (QED) is 0.403. The van der Waals surface area contributed by atoms with Gasteiger partial charge in [-0.15, -0.1) is 0 Å². The van der Waals surface area contributed by atoms with E-state index in [0.717, 1.165) is 4.90 Å². The van der Waals surface area contributed by atoms with Crippen molar-refractivity contribution in [3.8, 4) is 0 Å². The smallest absolute Gasteiger partial charge is 0.247 e. The summed E-state index contributed by atoms with van der Waals surface area (Å²) in [6.07, 6.45) is -2.81. The number of amides is 2. The van der Waals surface area contributed by atoms with Crippen LogP contribution in [-0.4, -0.2) is 80.9 Å². The maximum Gasteiger partial charge on any atom is 0.247 e. The molecule has 18 heavy (non-hydrogen) atoms. The van der Waals surface area contributed by atoms with Crippen molar-refractivity contribution >= 4 is 11.8 Å². The summed E-state index contributed by atoms with van der Waals surface area (Å²) < 4.78 is 0. The summed E-state index contributed by atoms with van der Waals surface area (Å²) in [7, 11) is 1.42. The molecular formula is C11H16N2O5. The maximum atomic E-state index is 12.0. The highest BCUT2D eigenvalue weighted by atomic mass is 16.3. The van der Waals surface area contributed by atoms with Crippen LogP contribution in [0, 0.1) is 5.92 Å². The molecule has 0 aliphatic carbocycles. The highest BCUT2D eigenvalue weighted by Gasteiger charge is 2.60. The third-order valence-corrected chi connectivity index (χ3v) is 4.38. The van der Waals surface area contributed by atoms with E-state index in [9.17, 15) is 24.9 Å². The number of imide groups is 1. The predicted octanol–water partition coefficient (Wildman–Crippen LogP) is -2.86. The van der Waals surface area contributed by atoms with Gasteiger partial charge in [0.1, 0.15) is 6.04 Å². The maximum absolute atomic E-state index is 12.0. The molecule has 100 valence electrons. The molecule has 7 nitrogen and oxygen atoms in total. The summed E-state index contributed by atoms with van der Waals surface area (Å²) in [5, 5.41) is 29.5. The van der Waals surface area contributed by atoms with Crippen LogP contribution < -0.4 is 0 Å². The van der Waals surface area contributed by atoms with Gasteiger partial charge in [0, 0.05) is 13.6 Å². The first-order valence-corrected chi connectivity index (χ1v) is 6.05. The van der Waals surface area contributed by atoms with Crippen molar-refractivity contribution < 1.29 is 24.9 Å². The van der Waals surface area contributed by atoms with E-state index in [2.05, 4.69) is 0 Å². The van der Waals surface area contributed by atoms with E-state index in [1.54, 1.807) is 4.90 Å². The van der Waals surface area contributed by atoms with Gasteiger partial charge in [0.25, 0.3) is 0 Å². The largest absolute Gasteiger partial charge is 0.391 e. The molecule has 0 aromatic rings. The average Bonchev–Trinajstić information content (AvgIpc) is 2.72. The second-order valence-corrected chi connectivity index (χ2v) is 5.34. The lowest BCUT2D eigenvalue weighted by Crippen LogP contribution is -2.58. The Kier molecular flexibility index (Phi) is 2.50. The van der Waals surface area contributed by atoms with E-state index in [1.807, 2.05) is 0 Å². The van der Waals surface area contributed by atoms with Crippen LogP contribution in [0.1, 0.15) is 6.42 Å². The van der Waals surface area contributed by atoms with E-state index < -0.39 is 36.3 Å². The average molecular weight is 256 g/mol. The minimum absolute atomic E-state index is 0.108. The van der Waals surface area contributed by atoms with Gasteiger partial charge in [0.05, 0.1) is 30.3 Å². The first-order chi connectivity index (χ1) is 8.43. The second-order valence-electron chi connectivity index (χ2n) is 5.34. The molecule has 7 heteroatoms. The summed E-state index contributed by atoms with van der Waals surface area (Å²) in [6.45, 7) is 0.108. The van der Waals surface area contributed by atoms with Gasteiger partial charge in [0.15, 0.2) is 0 Å². The monoisotopic (exact) mass is 256 g/mol. The Labute approximate surface area is 104 Å². The fraction of sp³-hybridized carbons (Fsp3) is 0.818. The number of fused-ring (bicyclic) bond motifs is 3. The molecule has 0 aromatic carbocycles. The first-order valence-electron chi connectivity index (χ1n) is 6.05. The fourth-order valence-electron chi connectivity index (χ4n) is 3.48. The van der Waals surface area contributed by atoms with Gasteiger partial charge < -0.3 is 15.3 Å².